The normalized spacial score (nSPS) is 20.5. The minimum Gasteiger partial charge on any atom is -0.461 e. The quantitative estimate of drug-likeness (QED) is 0.0193. The number of halogens is 2. The summed E-state index contributed by atoms with van der Waals surface area (Å²) in [7, 11) is 9.29. The Kier molecular flexibility index (Phi) is 27.5. The minimum absolute atomic E-state index is 0.0351. The van der Waals surface area contributed by atoms with E-state index in [1.807, 2.05) is 62.2 Å². The number of methoxy groups -OCH3 is 1. The fraction of sp³-hybridized carbons (Fsp3) is 0.492. The Balaban J connectivity index is 0.000000310. The number of aldehydes is 1. The van der Waals surface area contributed by atoms with Gasteiger partial charge in [0.1, 0.15) is 36.2 Å². The molecule has 5 heterocycles. The van der Waals surface area contributed by atoms with Crippen LogP contribution in [0.4, 0.5) is 20.3 Å². The maximum atomic E-state index is 14.6. The molecule has 84 heavy (non-hydrogen) atoms. The molecule has 2 aromatic carbocycles. The number of aliphatic imine (C=N–C) groups is 1. The van der Waals surface area contributed by atoms with Gasteiger partial charge in [-0.25, -0.2) is 8.78 Å². The number of nitrogens with zero attached hydrogens (tertiary/aromatic N) is 8. The van der Waals surface area contributed by atoms with Crippen molar-refractivity contribution in [1.82, 2.24) is 35.3 Å². The number of terminal acetylenes is 1. The van der Waals surface area contributed by atoms with Crippen LogP contribution in [0.15, 0.2) is 72.3 Å². The number of amides is 3. The van der Waals surface area contributed by atoms with Gasteiger partial charge in [0.05, 0.1) is 22.9 Å². The molecule has 0 spiro atoms. The molecule has 19 heteroatoms. The number of nitrogens with one attached hydrogen (secondary N) is 2. The smallest absolute Gasteiger partial charge is 0.319 e. The molecule has 0 bridgehead atoms. The highest BCUT2D eigenvalue weighted by molar-refractivity contribution is 5.94. The lowest BCUT2D eigenvalue weighted by molar-refractivity contribution is -0.117. The van der Waals surface area contributed by atoms with E-state index in [0.29, 0.717) is 92.2 Å². The molecular formula is C65H89F2N11O6. The van der Waals surface area contributed by atoms with E-state index in [1.54, 1.807) is 33.3 Å². The number of nitrogens with two attached hydrogens (primary N) is 1. The van der Waals surface area contributed by atoms with Crippen molar-refractivity contribution in [3.63, 3.8) is 0 Å². The molecule has 4 aliphatic rings. The summed E-state index contributed by atoms with van der Waals surface area (Å²) in [6, 6.07) is 9.97. The Hall–Kier alpha value is -7.53. The maximum absolute atomic E-state index is 14.6. The number of carbonyl (C=O) groups is 4. The highest BCUT2D eigenvalue weighted by Gasteiger charge is 2.51. The van der Waals surface area contributed by atoms with Crippen molar-refractivity contribution in [1.29, 1.82) is 0 Å². The van der Waals surface area contributed by atoms with E-state index < -0.39 is 5.82 Å². The zero-order chi connectivity index (χ0) is 61.2. The van der Waals surface area contributed by atoms with Gasteiger partial charge in [-0.05, 0) is 118 Å². The number of likely N-dealkylation sites (tertiary alicyclic amines) is 1. The molecule has 5 atom stereocenters. The van der Waals surface area contributed by atoms with Crippen molar-refractivity contribution in [3.8, 4) is 18.4 Å². The molecule has 17 nitrogen and oxygen atoms in total. The van der Waals surface area contributed by atoms with Gasteiger partial charge < -0.3 is 50.2 Å². The van der Waals surface area contributed by atoms with Crippen molar-refractivity contribution < 1.29 is 37.4 Å². The van der Waals surface area contributed by atoms with Crippen LogP contribution in [0.5, 0.6) is 6.01 Å². The topological polar surface area (TPSA) is 191 Å². The Bertz CT molecular complexity index is 2980. The SMILES string of the molecule is C#Cc1c(F)ccc(\C=C/C=C/C(C)=N\C=c2\c(N3CCCC[C@H](N)C3)nc(OCC34CCC(COC)N3CC(=C)C4)n\c2=C/F)c1C.C=C(c1ccc(C(CCNC=O)CCC2CCN(C=O)C2)cc1N(C)C)N(C)CCC=O.CNC=O. The number of benzene rings is 2. The van der Waals surface area contributed by atoms with Crippen LogP contribution < -0.4 is 41.5 Å². The number of fused-ring (bicyclic) bond motifs is 1. The molecule has 0 saturated carbocycles. The van der Waals surface area contributed by atoms with Gasteiger partial charge in [-0.15, -0.1) is 6.42 Å². The lowest BCUT2D eigenvalue weighted by Crippen LogP contribution is -2.48. The van der Waals surface area contributed by atoms with Gasteiger partial charge in [-0.1, -0.05) is 67.5 Å². The van der Waals surface area contributed by atoms with Crippen molar-refractivity contribution in [2.45, 2.75) is 108 Å². The van der Waals surface area contributed by atoms with E-state index in [-0.39, 0.29) is 28.5 Å². The van der Waals surface area contributed by atoms with Gasteiger partial charge in [-0.3, -0.25) is 24.3 Å². The van der Waals surface area contributed by atoms with Crippen LogP contribution in [0.25, 0.3) is 24.3 Å². The van der Waals surface area contributed by atoms with E-state index in [9.17, 15) is 23.2 Å². The molecule has 3 aromatic rings. The number of hydrogen-bond donors (Lipinski definition) is 3. The minimum atomic E-state index is -0.410. The number of carbonyl (C=O) groups excluding carboxylic acids is 4. The van der Waals surface area contributed by atoms with Crippen LogP contribution in [0.2, 0.25) is 0 Å². The van der Waals surface area contributed by atoms with Crippen LogP contribution in [0, 0.1) is 31.0 Å². The summed E-state index contributed by atoms with van der Waals surface area (Å²) in [5, 5.41) is 5.60. The summed E-state index contributed by atoms with van der Waals surface area (Å²) in [6.45, 7) is 18.3. The predicted molar refractivity (Wildman–Crippen MR) is 334 cm³/mol. The van der Waals surface area contributed by atoms with E-state index >= 15 is 0 Å². The van der Waals surface area contributed by atoms with Crippen LogP contribution >= 0.6 is 0 Å². The Morgan fingerprint density at radius 3 is 2.52 bits per heavy atom. The summed E-state index contributed by atoms with van der Waals surface area (Å²) in [6.07, 6.45) is 28.3. The Morgan fingerprint density at radius 1 is 1.06 bits per heavy atom. The first-order chi connectivity index (χ1) is 40.5. The van der Waals surface area contributed by atoms with Crippen molar-refractivity contribution in [2.75, 3.05) is 104 Å². The first kappa shape index (κ1) is 67.3. The van der Waals surface area contributed by atoms with Crippen LogP contribution in [0.1, 0.15) is 111 Å². The third-order valence-corrected chi connectivity index (χ3v) is 16.1. The first-order valence-corrected chi connectivity index (χ1v) is 29.0. The summed E-state index contributed by atoms with van der Waals surface area (Å²) in [5.74, 6) is 3.41. The Morgan fingerprint density at radius 2 is 1.85 bits per heavy atom. The molecule has 3 amide bonds. The largest absolute Gasteiger partial charge is 0.461 e. The molecular weight excluding hydrogens is 1070 g/mol. The van der Waals surface area contributed by atoms with Crippen LogP contribution in [0.3, 0.4) is 0 Å². The second-order valence-corrected chi connectivity index (χ2v) is 22.3. The zero-order valence-corrected chi connectivity index (χ0v) is 50.5. The summed E-state index contributed by atoms with van der Waals surface area (Å²) >= 11 is 0. The van der Waals surface area contributed by atoms with Gasteiger partial charge in [-0.2, -0.15) is 9.97 Å². The average molecular weight is 1160 g/mol. The van der Waals surface area contributed by atoms with Gasteiger partial charge in [0, 0.05) is 128 Å². The number of hydrogen-bond acceptors (Lipinski definition) is 14. The molecule has 4 fully saturated rings. The standard InChI is InChI=1S/C38H46F2N6O2.C25H38N4O3.C2H5NO/c1-6-32-28(4)29(14-15-34(32)40)12-8-7-11-27(3)42-21-33-35(20-39)43-37(44-36(33)45-18-10-9-13-30(41)23-45)48-25-38-17-16-31(24-47-5)46(38)22-26(2)19-38;1-20(28(4)13-5-15-30)24-9-8-23(16-25(24)27(2)3)22(10-12-26-18-31)7-6-21-11-14-29(17-21)19-32;1-3-2-4/h1,7-8,11-12,14-15,20-21,30-31H,2,9-10,13,16-19,22-25,41H2,3-5H3;8-9,15-16,18-19,21-22H,1,5-7,10-14,17H2,2-4H3,(H,26,31);2H,1H3,(H,3,4)/b11-7+,12-8-,33-21+,35-20-,42-27-;;/t30-,31?,38?;;/m0../s1. The number of allylic oxidation sites excluding steroid dienone is 3. The van der Waals surface area contributed by atoms with E-state index in [2.05, 4.69) is 72.6 Å². The van der Waals surface area contributed by atoms with Crippen LogP contribution in [-0.2, 0) is 23.9 Å². The van der Waals surface area contributed by atoms with Crippen molar-refractivity contribution in [2.24, 2.45) is 16.6 Å². The second-order valence-electron chi connectivity index (χ2n) is 22.3. The molecule has 454 valence electrons. The van der Waals surface area contributed by atoms with Crippen molar-refractivity contribution >= 4 is 67.0 Å². The number of ether oxygens (including phenoxy) is 2. The predicted octanol–water partition coefficient (Wildman–Crippen LogP) is 6.67. The third-order valence-electron chi connectivity index (χ3n) is 16.1. The fourth-order valence-corrected chi connectivity index (χ4v) is 11.5. The molecule has 4 N–H and O–H groups in total. The van der Waals surface area contributed by atoms with Gasteiger partial charge >= 0.3 is 6.01 Å². The Labute approximate surface area is 496 Å². The molecule has 0 radical (unpaired) electrons. The second kappa shape index (κ2) is 34.3. The number of aromatic nitrogens is 2. The third kappa shape index (κ3) is 19.0. The highest BCUT2D eigenvalue weighted by Crippen LogP contribution is 2.44. The monoisotopic (exact) mass is 1160 g/mol. The van der Waals surface area contributed by atoms with Gasteiger partial charge in [0.25, 0.3) is 0 Å². The number of anilines is 2. The van der Waals surface area contributed by atoms with Crippen LogP contribution in [-0.4, -0.2) is 168 Å². The molecule has 1 aromatic heterocycles. The zero-order valence-electron chi connectivity index (χ0n) is 50.5. The molecule has 4 saturated heterocycles. The average Bonchev–Trinajstić information content (AvgIpc) is 3.23. The molecule has 4 aliphatic heterocycles. The molecule has 7 rings (SSSR count). The maximum Gasteiger partial charge on any atom is 0.319 e. The van der Waals surface area contributed by atoms with Gasteiger partial charge in [0.15, 0.2) is 0 Å². The molecule has 4 unspecified atom stereocenters. The van der Waals surface area contributed by atoms with E-state index in [4.69, 9.17) is 31.4 Å². The van der Waals surface area contributed by atoms with E-state index in [1.165, 1.54) is 17.2 Å². The van der Waals surface area contributed by atoms with E-state index in [0.717, 1.165) is 132 Å². The van der Waals surface area contributed by atoms with Gasteiger partial charge in [0.2, 0.25) is 19.2 Å². The molecule has 0 aliphatic carbocycles. The fourth-order valence-electron chi connectivity index (χ4n) is 11.5. The highest BCUT2D eigenvalue weighted by atomic mass is 19.1. The summed E-state index contributed by atoms with van der Waals surface area (Å²) in [4.78, 5) is 66.1. The van der Waals surface area contributed by atoms with Crippen molar-refractivity contribution in [3.05, 3.63) is 111 Å². The summed E-state index contributed by atoms with van der Waals surface area (Å²) in [5.41, 5.74) is 14.1. The number of rotatable bonds is 26. The lowest BCUT2D eigenvalue weighted by Gasteiger charge is -2.34. The summed E-state index contributed by atoms with van der Waals surface area (Å²) < 4.78 is 40.3. The first-order valence-electron chi connectivity index (χ1n) is 29.0. The lowest BCUT2D eigenvalue weighted by atomic mass is 9.86.